The predicted molar refractivity (Wildman–Crippen MR) is 60.4 cm³/mol. The van der Waals surface area contributed by atoms with E-state index in [-0.39, 0.29) is 11.5 Å². The van der Waals surface area contributed by atoms with Gasteiger partial charge in [-0.15, -0.1) is 0 Å². The molecule has 20 heavy (non-hydrogen) atoms. The molecule has 4 nitrogen and oxygen atoms in total. The molecule has 1 N–H and O–H groups in total. The van der Waals surface area contributed by atoms with Crippen LogP contribution in [0.4, 0.5) is 13.2 Å². The Morgan fingerprint density at radius 1 is 1.20 bits per heavy atom. The first-order chi connectivity index (χ1) is 9.45. The second-order valence-corrected chi connectivity index (χ2v) is 3.86. The maximum Gasteiger partial charge on any atom is 0.373 e. The number of carbonyl (C=O) groups is 1. The van der Waals surface area contributed by atoms with Gasteiger partial charge in [-0.1, -0.05) is 0 Å². The molecule has 106 valence electrons. The standard InChI is InChI=1S/C13H9F3O4/c1-19-13(18)9-5-4-8(20-9)12(17)6-2-3-7(14)11(16)10(6)15/h2-5,12,17H,1H3. The number of benzene rings is 1. The van der Waals surface area contributed by atoms with Crippen LogP contribution in [-0.2, 0) is 4.74 Å². The fourth-order valence-corrected chi connectivity index (χ4v) is 1.62. The van der Waals surface area contributed by atoms with Crippen LogP contribution in [0.15, 0.2) is 28.7 Å². The summed E-state index contributed by atoms with van der Waals surface area (Å²) in [6.07, 6.45) is -1.68. The third kappa shape index (κ3) is 2.39. The zero-order valence-corrected chi connectivity index (χ0v) is 10.2. The highest BCUT2D eigenvalue weighted by Crippen LogP contribution is 2.28. The smallest absolute Gasteiger partial charge is 0.373 e. The summed E-state index contributed by atoms with van der Waals surface area (Å²) >= 11 is 0. The summed E-state index contributed by atoms with van der Waals surface area (Å²) in [5, 5.41) is 9.88. The van der Waals surface area contributed by atoms with Crippen molar-refractivity contribution in [3.63, 3.8) is 0 Å². The Labute approximate surface area is 111 Å². The summed E-state index contributed by atoms with van der Waals surface area (Å²) in [6.45, 7) is 0. The van der Waals surface area contributed by atoms with Crippen LogP contribution < -0.4 is 0 Å². The van der Waals surface area contributed by atoms with Crippen molar-refractivity contribution in [3.8, 4) is 0 Å². The van der Waals surface area contributed by atoms with Crippen LogP contribution in [0.25, 0.3) is 0 Å². The van der Waals surface area contributed by atoms with Crippen molar-refractivity contribution < 1.29 is 32.2 Å². The minimum atomic E-state index is -1.69. The molecule has 0 bridgehead atoms. The minimum absolute atomic E-state index is 0.199. The summed E-state index contributed by atoms with van der Waals surface area (Å²) in [6, 6.07) is 3.99. The highest BCUT2D eigenvalue weighted by Gasteiger charge is 2.24. The first-order valence-electron chi connectivity index (χ1n) is 5.45. The van der Waals surface area contributed by atoms with E-state index in [4.69, 9.17) is 4.42 Å². The van der Waals surface area contributed by atoms with E-state index in [0.717, 1.165) is 13.2 Å². The second kappa shape index (κ2) is 5.38. The van der Waals surface area contributed by atoms with Crippen molar-refractivity contribution >= 4 is 5.97 Å². The van der Waals surface area contributed by atoms with Gasteiger partial charge in [0, 0.05) is 5.56 Å². The van der Waals surface area contributed by atoms with Crippen LogP contribution in [-0.4, -0.2) is 18.2 Å². The van der Waals surface area contributed by atoms with Gasteiger partial charge in [-0.3, -0.25) is 0 Å². The molecular weight excluding hydrogens is 277 g/mol. The molecule has 0 aliphatic carbocycles. The lowest BCUT2D eigenvalue weighted by molar-refractivity contribution is 0.0558. The number of aliphatic hydroxyl groups excluding tert-OH is 1. The number of esters is 1. The topological polar surface area (TPSA) is 59.7 Å². The van der Waals surface area contributed by atoms with E-state index < -0.39 is 35.1 Å². The van der Waals surface area contributed by atoms with E-state index in [2.05, 4.69) is 4.74 Å². The van der Waals surface area contributed by atoms with Crippen molar-refractivity contribution in [2.75, 3.05) is 7.11 Å². The maximum absolute atomic E-state index is 13.5. The van der Waals surface area contributed by atoms with Gasteiger partial charge in [-0.2, -0.15) is 0 Å². The maximum atomic E-state index is 13.5. The van der Waals surface area contributed by atoms with E-state index in [0.29, 0.717) is 6.07 Å². The van der Waals surface area contributed by atoms with Crippen LogP contribution in [0.5, 0.6) is 0 Å². The molecule has 0 spiro atoms. The van der Waals surface area contributed by atoms with Crippen molar-refractivity contribution in [2.24, 2.45) is 0 Å². The summed E-state index contributed by atoms with van der Waals surface area (Å²) in [5.74, 6) is -5.77. The number of halogens is 3. The molecule has 1 aromatic heterocycles. The number of rotatable bonds is 3. The first-order valence-corrected chi connectivity index (χ1v) is 5.45. The van der Waals surface area contributed by atoms with Gasteiger partial charge in [-0.25, -0.2) is 18.0 Å². The number of ether oxygens (including phenoxy) is 1. The van der Waals surface area contributed by atoms with Gasteiger partial charge >= 0.3 is 5.97 Å². The van der Waals surface area contributed by atoms with E-state index >= 15 is 0 Å². The molecule has 2 aromatic rings. The van der Waals surface area contributed by atoms with E-state index in [1.165, 1.54) is 12.1 Å². The molecule has 0 radical (unpaired) electrons. The molecule has 0 saturated carbocycles. The Balaban J connectivity index is 2.36. The monoisotopic (exact) mass is 286 g/mol. The molecule has 0 aliphatic heterocycles. The molecule has 0 aliphatic rings. The van der Waals surface area contributed by atoms with Crippen LogP contribution in [0.1, 0.15) is 28.0 Å². The minimum Gasteiger partial charge on any atom is -0.463 e. The van der Waals surface area contributed by atoms with Gasteiger partial charge in [0.25, 0.3) is 0 Å². The molecule has 0 fully saturated rings. The van der Waals surface area contributed by atoms with Gasteiger partial charge in [0.05, 0.1) is 7.11 Å². The molecule has 0 amide bonds. The SMILES string of the molecule is COC(=O)c1ccc(C(O)c2ccc(F)c(F)c2F)o1. The number of methoxy groups -OCH3 is 1. The van der Waals surface area contributed by atoms with Gasteiger partial charge in [-0.05, 0) is 24.3 Å². The van der Waals surface area contributed by atoms with Crippen LogP contribution in [0.3, 0.4) is 0 Å². The molecule has 1 aromatic carbocycles. The van der Waals surface area contributed by atoms with Crippen molar-refractivity contribution in [2.45, 2.75) is 6.10 Å². The van der Waals surface area contributed by atoms with Crippen molar-refractivity contribution in [1.82, 2.24) is 0 Å². The van der Waals surface area contributed by atoms with Crippen LogP contribution in [0, 0.1) is 17.5 Å². The highest BCUT2D eigenvalue weighted by molar-refractivity contribution is 5.86. The summed E-state index contributed by atoms with van der Waals surface area (Å²) in [7, 11) is 1.13. The lowest BCUT2D eigenvalue weighted by Gasteiger charge is -2.10. The Morgan fingerprint density at radius 3 is 2.55 bits per heavy atom. The fourth-order valence-electron chi connectivity index (χ4n) is 1.62. The Hall–Kier alpha value is -2.28. The number of aliphatic hydroxyl groups is 1. The average Bonchev–Trinajstić information content (AvgIpc) is 2.93. The van der Waals surface area contributed by atoms with Gasteiger partial charge in [0.1, 0.15) is 11.9 Å². The second-order valence-electron chi connectivity index (χ2n) is 3.86. The Morgan fingerprint density at radius 2 is 1.90 bits per heavy atom. The molecule has 1 heterocycles. The number of hydrogen-bond acceptors (Lipinski definition) is 4. The van der Waals surface area contributed by atoms with E-state index in [1.807, 2.05) is 0 Å². The molecule has 7 heteroatoms. The highest BCUT2D eigenvalue weighted by atomic mass is 19.2. The molecule has 1 unspecified atom stereocenters. The summed E-state index contributed by atoms with van der Waals surface area (Å²) in [5.41, 5.74) is -0.505. The fraction of sp³-hybridized carbons (Fsp3) is 0.154. The van der Waals surface area contributed by atoms with Crippen LogP contribution >= 0.6 is 0 Å². The van der Waals surface area contributed by atoms with Gasteiger partial charge < -0.3 is 14.3 Å². The first kappa shape index (κ1) is 14.1. The zero-order chi connectivity index (χ0) is 14.9. The van der Waals surface area contributed by atoms with Crippen LogP contribution in [0.2, 0.25) is 0 Å². The normalized spacial score (nSPS) is 12.2. The quantitative estimate of drug-likeness (QED) is 0.696. The van der Waals surface area contributed by atoms with E-state index in [1.54, 1.807) is 0 Å². The molecule has 1 atom stereocenters. The third-order valence-corrected chi connectivity index (χ3v) is 2.64. The third-order valence-electron chi connectivity index (χ3n) is 2.64. The lowest BCUT2D eigenvalue weighted by Crippen LogP contribution is -2.05. The number of carbonyl (C=O) groups excluding carboxylic acids is 1. The molecule has 2 rings (SSSR count). The van der Waals surface area contributed by atoms with E-state index in [9.17, 15) is 23.1 Å². The molecule has 0 saturated heterocycles. The summed E-state index contributed by atoms with van der Waals surface area (Å²) in [4.78, 5) is 11.2. The Kier molecular flexibility index (Phi) is 3.80. The predicted octanol–water partition coefficient (Wildman–Crippen LogP) is 2.57. The van der Waals surface area contributed by atoms with Gasteiger partial charge in [0.15, 0.2) is 17.5 Å². The average molecular weight is 286 g/mol. The lowest BCUT2D eigenvalue weighted by atomic mass is 10.1. The number of hydrogen-bond donors (Lipinski definition) is 1. The zero-order valence-electron chi connectivity index (χ0n) is 10.2. The Bertz CT molecular complexity index is 651. The van der Waals surface area contributed by atoms with Gasteiger partial charge in [0.2, 0.25) is 5.76 Å². The van der Waals surface area contributed by atoms with Crippen molar-refractivity contribution in [1.29, 1.82) is 0 Å². The molecular formula is C13H9F3O4. The van der Waals surface area contributed by atoms with Crippen molar-refractivity contribution in [3.05, 3.63) is 58.8 Å². The summed E-state index contributed by atoms with van der Waals surface area (Å²) < 4.78 is 48.8. The largest absolute Gasteiger partial charge is 0.463 e. The number of furan rings is 1.